The Balaban J connectivity index is 3.03. The molecule has 0 aliphatic heterocycles. The molecule has 0 atom stereocenters. The van der Waals surface area contributed by atoms with Crippen molar-refractivity contribution in [3.8, 4) is 0 Å². The van der Waals surface area contributed by atoms with Crippen LogP contribution in [0, 0.1) is 6.92 Å². The first-order valence-electron chi connectivity index (χ1n) is 3.77. The monoisotopic (exact) mass is 297 g/mol. The first kappa shape index (κ1) is 11.8. The Kier molecular flexibility index (Phi) is 3.80. The van der Waals surface area contributed by atoms with Crippen LogP contribution in [-0.4, -0.2) is 13.1 Å². The lowest BCUT2D eigenvalue weighted by molar-refractivity contribution is 0.606. The summed E-state index contributed by atoms with van der Waals surface area (Å²) in [5, 5.41) is 0.503. The maximum absolute atomic E-state index is 11.2. The van der Waals surface area contributed by atoms with Gasteiger partial charge in [-0.2, -0.15) is 0 Å². The maximum atomic E-state index is 11.2. The molecule has 0 aliphatic carbocycles. The molecule has 1 rings (SSSR count). The van der Waals surface area contributed by atoms with Crippen LogP contribution in [0.25, 0.3) is 0 Å². The van der Waals surface area contributed by atoms with Gasteiger partial charge >= 0.3 is 0 Å². The van der Waals surface area contributed by atoms with E-state index in [1.54, 1.807) is 18.2 Å². The molecule has 0 aliphatic rings. The van der Waals surface area contributed by atoms with Crippen LogP contribution in [0.2, 0.25) is 5.02 Å². The summed E-state index contributed by atoms with van der Waals surface area (Å²) in [4.78, 5) is 0. The number of anilines is 1. The molecule has 1 aromatic carbocycles. The van der Waals surface area contributed by atoms with E-state index in [0.29, 0.717) is 10.7 Å². The molecule has 1 N–H and O–H groups in total. The molecule has 1 aromatic rings. The summed E-state index contributed by atoms with van der Waals surface area (Å²) in [6.07, 6.45) is 0. The number of benzene rings is 1. The van der Waals surface area contributed by atoms with Crippen LogP contribution >= 0.6 is 27.5 Å². The fourth-order valence-electron chi connectivity index (χ4n) is 0.899. The Morgan fingerprint density at radius 2 is 2.14 bits per heavy atom. The molecule has 0 spiro atoms. The minimum atomic E-state index is -3.30. The summed E-state index contributed by atoms with van der Waals surface area (Å²) in [5.41, 5.74) is 1.34. The number of sulfonamides is 1. The van der Waals surface area contributed by atoms with Crippen molar-refractivity contribution in [2.24, 2.45) is 0 Å². The predicted molar refractivity (Wildman–Crippen MR) is 62.5 cm³/mol. The fraction of sp³-hybridized carbons (Fsp3) is 0.250. The number of alkyl halides is 1. The van der Waals surface area contributed by atoms with Gasteiger partial charge in [-0.25, -0.2) is 8.42 Å². The average molecular weight is 299 g/mol. The van der Waals surface area contributed by atoms with Crippen LogP contribution in [0.1, 0.15) is 5.56 Å². The average Bonchev–Trinajstić information content (AvgIpc) is 2.11. The SMILES string of the molecule is Cc1ccc(Cl)cc1NS(=O)(=O)CBr. The Bertz CT molecular complexity index is 433. The normalized spacial score (nSPS) is 11.4. The fourth-order valence-corrected chi connectivity index (χ4v) is 2.02. The van der Waals surface area contributed by atoms with Gasteiger partial charge in [0.1, 0.15) is 4.66 Å². The van der Waals surface area contributed by atoms with Gasteiger partial charge in [0.05, 0.1) is 5.69 Å². The summed E-state index contributed by atoms with van der Waals surface area (Å²) in [6, 6.07) is 5.05. The number of hydrogen-bond acceptors (Lipinski definition) is 2. The zero-order chi connectivity index (χ0) is 10.8. The maximum Gasteiger partial charge on any atom is 0.242 e. The van der Waals surface area contributed by atoms with E-state index in [9.17, 15) is 8.42 Å². The van der Waals surface area contributed by atoms with Crippen LogP contribution < -0.4 is 4.72 Å². The van der Waals surface area contributed by atoms with Gasteiger partial charge in [-0.05, 0) is 24.6 Å². The van der Waals surface area contributed by atoms with Crippen LogP contribution in [-0.2, 0) is 10.0 Å². The zero-order valence-corrected chi connectivity index (χ0v) is 10.6. The van der Waals surface area contributed by atoms with E-state index in [2.05, 4.69) is 20.7 Å². The van der Waals surface area contributed by atoms with Crippen molar-refractivity contribution >= 4 is 43.2 Å². The van der Waals surface area contributed by atoms with E-state index in [-0.39, 0.29) is 4.66 Å². The van der Waals surface area contributed by atoms with Gasteiger partial charge in [0.15, 0.2) is 0 Å². The first-order chi connectivity index (χ1) is 6.44. The smallest absolute Gasteiger partial charge is 0.242 e. The highest BCUT2D eigenvalue weighted by molar-refractivity contribution is 9.10. The molecule has 0 bridgehead atoms. The molecule has 0 heterocycles. The van der Waals surface area contributed by atoms with Crippen molar-refractivity contribution < 1.29 is 8.42 Å². The lowest BCUT2D eigenvalue weighted by atomic mass is 10.2. The molecule has 0 aromatic heterocycles. The Hall–Kier alpha value is -0.260. The third-order valence-corrected chi connectivity index (χ3v) is 4.47. The molecule has 0 saturated carbocycles. The number of hydrogen-bond donors (Lipinski definition) is 1. The minimum Gasteiger partial charge on any atom is -0.283 e. The molecular weight excluding hydrogens is 290 g/mol. The summed E-state index contributed by atoms with van der Waals surface area (Å²) < 4.78 is 24.7. The topological polar surface area (TPSA) is 46.2 Å². The molecule has 0 fully saturated rings. The molecule has 14 heavy (non-hydrogen) atoms. The number of halogens is 2. The van der Waals surface area contributed by atoms with E-state index in [4.69, 9.17) is 11.6 Å². The van der Waals surface area contributed by atoms with E-state index in [1.165, 1.54) is 0 Å². The van der Waals surface area contributed by atoms with Crippen molar-refractivity contribution in [1.29, 1.82) is 0 Å². The quantitative estimate of drug-likeness (QED) is 0.872. The first-order valence-corrected chi connectivity index (χ1v) is 6.92. The molecule has 6 heteroatoms. The molecule has 0 saturated heterocycles. The van der Waals surface area contributed by atoms with Crippen LogP contribution in [0.4, 0.5) is 5.69 Å². The second-order valence-corrected chi connectivity index (χ2v) is 6.25. The largest absolute Gasteiger partial charge is 0.283 e. The van der Waals surface area contributed by atoms with Crippen molar-refractivity contribution in [3.05, 3.63) is 28.8 Å². The lowest BCUT2D eigenvalue weighted by Crippen LogP contribution is -2.13. The van der Waals surface area contributed by atoms with Gasteiger partial charge in [0.25, 0.3) is 0 Å². The van der Waals surface area contributed by atoms with E-state index >= 15 is 0 Å². The second-order valence-electron chi connectivity index (χ2n) is 2.79. The summed E-state index contributed by atoms with van der Waals surface area (Å²) in [5.74, 6) is 0. The van der Waals surface area contributed by atoms with Crippen molar-refractivity contribution in [2.45, 2.75) is 6.92 Å². The number of rotatable bonds is 3. The lowest BCUT2D eigenvalue weighted by Gasteiger charge is -2.08. The van der Waals surface area contributed by atoms with Gasteiger partial charge in [0.2, 0.25) is 10.0 Å². The minimum absolute atomic E-state index is 0.133. The van der Waals surface area contributed by atoms with Gasteiger partial charge in [-0.15, -0.1) is 0 Å². The molecule has 78 valence electrons. The molecule has 3 nitrogen and oxygen atoms in total. The Labute approximate surface area is 96.6 Å². The van der Waals surface area contributed by atoms with Gasteiger partial charge in [0, 0.05) is 5.02 Å². The Morgan fingerprint density at radius 3 is 2.71 bits per heavy atom. The Morgan fingerprint density at radius 1 is 1.50 bits per heavy atom. The van der Waals surface area contributed by atoms with Gasteiger partial charge in [-0.1, -0.05) is 33.6 Å². The second kappa shape index (κ2) is 4.51. The van der Waals surface area contributed by atoms with Gasteiger partial charge in [-0.3, -0.25) is 4.72 Å². The van der Waals surface area contributed by atoms with Crippen LogP contribution in [0.5, 0.6) is 0 Å². The molecular formula is C8H9BrClNO2S. The molecule has 0 unspecified atom stereocenters. The summed E-state index contributed by atoms with van der Waals surface area (Å²) in [6.45, 7) is 1.81. The molecule has 0 amide bonds. The zero-order valence-electron chi connectivity index (χ0n) is 7.42. The van der Waals surface area contributed by atoms with E-state index in [1.807, 2.05) is 6.92 Å². The highest BCUT2D eigenvalue weighted by Crippen LogP contribution is 2.21. The number of aryl methyl sites for hydroxylation is 1. The van der Waals surface area contributed by atoms with Crippen molar-refractivity contribution in [3.63, 3.8) is 0 Å². The van der Waals surface area contributed by atoms with E-state index in [0.717, 1.165) is 5.56 Å². The van der Waals surface area contributed by atoms with Gasteiger partial charge < -0.3 is 0 Å². The molecule has 0 radical (unpaired) electrons. The summed E-state index contributed by atoms with van der Waals surface area (Å²) >= 11 is 8.63. The summed E-state index contributed by atoms with van der Waals surface area (Å²) in [7, 11) is -3.30. The highest BCUT2D eigenvalue weighted by atomic mass is 79.9. The van der Waals surface area contributed by atoms with Crippen molar-refractivity contribution in [2.75, 3.05) is 9.38 Å². The van der Waals surface area contributed by atoms with Crippen LogP contribution in [0.3, 0.4) is 0 Å². The number of nitrogens with one attached hydrogen (secondary N) is 1. The van der Waals surface area contributed by atoms with Crippen molar-refractivity contribution in [1.82, 2.24) is 0 Å². The third kappa shape index (κ3) is 3.15. The third-order valence-electron chi connectivity index (χ3n) is 1.61. The highest BCUT2D eigenvalue weighted by Gasteiger charge is 2.09. The predicted octanol–water partition coefficient (Wildman–Crippen LogP) is 2.74. The van der Waals surface area contributed by atoms with Crippen LogP contribution in [0.15, 0.2) is 18.2 Å². The standard InChI is InChI=1S/C8H9BrClNO2S/c1-6-2-3-7(10)4-8(6)11-14(12,13)5-9/h2-4,11H,5H2,1H3. The van der Waals surface area contributed by atoms with E-state index < -0.39 is 10.0 Å².